The number of carboxylic acids is 1. The molecule has 6 nitrogen and oxygen atoms in total. The van der Waals surface area contributed by atoms with E-state index in [-0.39, 0.29) is 13.0 Å². The van der Waals surface area contributed by atoms with Crippen LogP contribution in [0, 0.1) is 5.92 Å². The number of rotatable bonds is 3. The van der Waals surface area contributed by atoms with Crippen LogP contribution in [0.4, 0.5) is 0 Å². The van der Waals surface area contributed by atoms with E-state index in [1.165, 1.54) is 18.7 Å². The van der Waals surface area contributed by atoms with Crippen LogP contribution in [0.3, 0.4) is 0 Å². The maximum Gasteiger partial charge on any atom is 0.377 e. The summed E-state index contributed by atoms with van der Waals surface area (Å²) in [4.78, 5) is 23.5. The highest BCUT2D eigenvalue weighted by atomic mass is 16.5. The number of aliphatic carboxylic acids is 1. The predicted octanol–water partition coefficient (Wildman–Crippen LogP) is -0.955. The molecular weight excluding hydrogens is 201 g/mol. The Labute approximate surface area is 88.0 Å². The minimum absolute atomic E-state index is 0.173. The van der Waals surface area contributed by atoms with Crippen molar-refractivity contribution in [3.05, 3.63) is 0 Å². The lowest BCUT2D eigenvalue weighted by Gasteiger charge is -2.22. The highest BCUT2D eigenvalue weighted by molar-refractivity contribution is 6.45. The standard InChI is InChI=1S/C8H14BNO5/c1-9(14)10-4-5(7(11)12)3-6(10)8(13)15-2/h5-6,14H,3-4H2,1-2H3,(H,11,12)/t5-,6-/m1/s1. The van der Waals surface area contributed by atoms with Gasteiger partial charge in [-0.25, -0.2) is 0 Å². The maximum absolute atomic E-state index is 11.3. The normalized spacial score (nSPS) is 26.3. The summed E-state index contributed by atoms with van der Waals surface area (Å²) in [6, 6.07) is -0.656. The molecule has 15 heavy (non-hydrogen) atoms. The average Bonchev–Trinajstić information content (AvgIpc) is 2.61. The lowest BCUT2D eigenvalue weighted by Crippen LogP contribution is -2.45. The van der Waals surface area contributed by atoms with Gasteiger partial charge in [-0.3, -0.25) is 9.59 Å². The van der Waals surface area contributed by atoms with Gasteiger partial charge >= 0.3 is 19.0 Å². The Morgan fingerprint density at radius 2 is 2.13 bits per heavy atom. The van der Waals surface area contributed by atoms with Crippen molar-refractivity contribution in [3.8, 4) is 0 Å². The summed E-state index contributed by atoms with van der Waals surface area (Å²) in [7, 11) is 0.398. The lowest BCUT2D eigenvalue weighted by atomic mass is 9.84. The summed E-state index contributed by atoms with van der Waals surface area (Å²) < 4.78 is 4.56. The van der Waals surface area contributed by atoms with Crippen molar-refractivity contribution in [3.63, 3.8) is 0 Å². The number of ether oxygens (including phenoxy) is 1. The number of carboxylic acid groups (broad SMARTS) is 1. The zero-order valence-corrected chi connectivity index (χ0v) is 8.71. The molecule has 0 spiro atoms. The summed E-state index contributed by atoms with van der Waals surface area (Å²) in [5, 5.41) is 18.2. The first kappa shape index (κ1) is 12.0. The Bertz CT molecular complexity index is 270. The molecule has 1 rings (SSSR count). The van der Waals surface area contributed by atoms with Crippen LogP contribution in [0.5, 0.6) is 0 Å². The molecular formula is C8H14BNO5. The molecule has 0 saturated carbocycles. The van der Waals surface area contributed by atoms with Crippen molar-refractivity contribution in [2.75, 3.05) is 13.7 Å². The molecule has 1 aliphatic rings. The smallest absolute Gasteiger partial charge is 0.377 e. The van der Waals surface area contributed by atoms with E-state index in [2.05, 4.69) is 4.74 Å². The van der Waals surface area contributed by atoms with Gasteiger partial charge in [-0.05, 0) is 13.2 Å². The number of hydrogen-bond acceptors (Lipinski definition) is 5. The zero-order valence-electron chi connectivity index (χ0n) is 8.71. The Morgan fingerprint density at radius 1 is 1.53 bits per heavy atom. The van der Waals surface area contributed by atoms with Gasteiger partial charge in [0.05, 0.1) is 13.0 Å². The molecule has 0 radical (unpaired) electrons. The summed E-state index contributed by atoms with van der Waals surface area (Å²) >= 11 is 0. The molecule has 0 unspecified atom stereocenters. The molecule has 2 atom stereocenters. The third kappa shape index (κ3) is 2.48. The molecule has 0 amide bonds. The summed E-state index contributed by atoms with van der Waals surface area (Å²) in [5.41, 5.74) is 0. The molecule has 0 aromatic carbocycles. The molecule has 1 saturated heterocycles. The fourth-order valence-corrected chi connectivity index (χ4v) is 1.82. The quantitative estimate of drug-likeness (QED) is 0.466. The fraction of sp³-hybridized carbons (Fsp3) is 0.750. The van der Waals surface area contributed by atoms with Crippen LogP contribution in [-0.2, 0) is 14.3 Å². The monoisotopic (exact) mass is 215 g/mol. The minimum atomic E-state index is -0.952. The molecule has 1 aliphatic heterocycles. The first-order chi connectivity index (χ1) is 6.97. The average molecular weight is 215 g/mol. The van der Waals surface area contributed by atoms with Crippen molar-refractivity contribution in [2.45, 2.75) is 19.3 Å². The number of nitrogens with zero attached hydrogens (tertiary/aromatic N) is 1. The van der Waals surface area contributed by atoms with Gasteiger partial charge in [0.1, 0.15) is 6.04 Å². The van der Waals surface area contributed by atoms with E-state index in [0.29, 0.717) is 0 Å². The second kappa shape index (κ2) is 4.63. The minimum Gasteiger partial charge on any atom is -0.481 e. The van der Waals surface area contributed by atoms with Gasteiger partial charge in [0.25, 0.3) is 0 Å². The molecule has 7 heteroatoms. The van der Waals surface area contributed by atoms with Crippen molar-refractivity contribution in [2.24, 2.45) is 5.92 Å². The molecule has 2 N–H and O–H groups in total. The summed E-state index contributed by atoms with van der Waals surface area (Å²) in [6.07, 6.45) is 0.187. The largest absolute Gasteiger partial charge is 0.481 e. The van der Waals surface area contributed by atoms with Crippen molar-refractivity contribution >= 4 is 19.0 Å². The predicted molar refractivity (Wildman–Crippen MR) is 52.1 cm³/mol. The molecule has 1 heterocycles. The SMILES string of the molecule is COC(=O)[C@H]1C[C@@H](C(=O)O)CN1B(C)O. The number of methoxy groups -OCH3 is 1. The van der Waals surface area contributed by atoms with Gasteiger partial charge in [0, 0.05) is 6.54 Å². The van der Waals surface area contributed by atoms with E-state index in [1.54, 1.807) is 0 Å². The van der Waals surface area contributed by atoms with Gasteiger partial charge in [-0.15, -0.1) is 0 Å². The first-order valence-corrected chi connectivity index (χ1v) is 4.71. The van der Waals surface area contributed by atoms with Gasteiger partial charge < -0.3 is 19.7 Å². The second-order valence-corrected chi connectivity index (χ2v) is 3.64. The molecule has 84 valence electrons. The van der Waals surface area contributed by atoms with Crippen LogP contribution in [0.2, 0.25) is 6.82 Å². The number of carbonyl (C=O) groups is 2. The molecule has 0 aliphatic carbocycles. The first-order valence-electron chi connectivity index (χ1n) is 4.71. The second-order valence-electron chi connectivity index (χ2n) is 3.64. The summed E-state index contributed by atoms with van der Waals surface area (Å²) in [6.45, 7) is 1.67. The zero-order chi connectivity index (χ0) is 11.6. The third-order valence-corrected chi connectivity index (χ3v) is 2.64. The van der Waals surface area contributed by atoms with E-state index < -0.39 is 30.9 Å². The highest BCUT2D eigenvalue weighted by Crippen LogP contribution is 2.24. The van der Waals surface area contributed by atoms with Crippen molar-refractivity contribution in [1.82, 2.24) is 4.81 Å². The maximum atomic E-state index is 11.3. The number of esters is 1. The molecule has 0 bridgehead atoms. The number of hydrogen-bond donors (Lipinski definition) is 2. The Kier molecular flexibility index (Phi) is 3.70. The van der Waals surface area contributed by atoms with Crippen LogP contribution in [0.25, 0.3) is 0 Å². The fourth-order valence-electron chi connectivity index (χ4n) is 1.82. The lowest BCUT2D eigenvalue weighted by molar-refractivity contribution is -0.144. The van der Waals surface area contributed by atoms with Crippen molar-refractivity contribution < 1.29 is 24.5 Å². The topological polar surface area (TPSA) is 87.1 Å². The van der Waals surface area contributed by atoms with Crippen LogP contribution in [0.15, 0.2) is 0 Å². The van der Waals surface area contributed by atoms with Crippen LogP contribution < -0.4 is 0 Å². The Balaban J connectivity index is 2.76. The van der Waals surface area contributed by atoms with Crippen molar-refractivity contribution in [1.29, 1.82) is 0 Å². The van der Waals surface area contributed by atoms with E-state index in [4.69, 9.17) is 5.11 Å². The van der Waals surface area contributed by atoms with E-state index in [1.807, 2.05) is 0 Å². The van der Waals surface area contributed by atoms with E-state index in [9.17, 15) is 14.6 Å². The number of carbonyl (C=O) groups excluding carboxylic acids is 1. The Hall–Kier alpha value is -1.08. The highest BCUT2D eigenvalue weighted by Gasteiger charge is 2.43. The van der Waals surface area contributed by atoms with Crippen LogP contribution in [-0.4, -0.2) is 53.6 Å². The van der Waals surface area contributed by atoms with Gasteiger partial charge in [-0.1, -0.05) is 0 Å². The molecule has 0 aromatic heterocycles. The molecule has 0 aromatic rings. The van der Waals surface area contributed by atoms with Gasteiger partial charge in [0.15, 0.2) is 0 Å². The van der Waals surface area contributed by atoms with Gasteiger partial charge in [-0.2, -0.15) is 0 Å². The van der Waals surface area contributed by atoms with Crippen LogP contribution in [0.1, 0.15) is 6.42 Å². The summed E-state index contributed by atoms with van der Waals surface area (Å²) in [5.74, 6) is -2.07. The van der Waals surface area contributed by atoms with Gasteiger partial charge in [0.2, 0.25) is 0 Å². The van der Waals surface area contributed by atoms with Crippen LogP contribution >= 0.6 is 0 Å². The van der Waals surface area contributed by atoms with E-state index in [0.717, 1.165) is 0 Å². The molecule has 1 fully saturated rings. The third-order valence-electron chi connectivity index (χ3n) is 2.64. The Morgan fingerprint density at radius 3 is 2.53 bits per heavy atom. The van der Waals surface area contributed by atoms with E-state index >= 15 is 0 Å².